The maximum absolute atomic E-state index is 12.8. The molecule has 0 radical (unpaired) electrons. The van der Waals surface area contributed by atoms with Gasteiger partial charge in [0.1, 0.15) is 13.2 Å². The van der Waals surface area contributed by atoms with Crippen LogP contribution >= 0.6 is 0 Å². The number of rotatable bonds is 51. The van der Waals surface area contributed by atoms with Crippen molar-refractivity contribution in [1.82, 2.24) is 0 Å². The van der Waals surface area contributed by atoms with Gasteiger partial charge in [-0.15, -0.1) is 0 Å². The molecule has 0 aromatic carbocycles. The molecule has 0 fully saturated rings. The minimum atomic E-state index is -0.771. The second-order valence-corrected chi connectivity index (χ2v) is 18.8. The van der Waals surface area contributed by atoms with E-state index in [0.717, 1.165) is 64.2 Å². The van der Waals surface area contributed by atoms with Gasteiger partial charge in [0, 0.05) is 19.3 Å². The Hall–Kier alpha value is -2.11. The molecule has 1 atom stereocenters. The Kier molecular flexibility index (Phi) is 50.8. The number of allylic oxidation sites excluding steroid dienone is 4. The molecule has 0 heterocycles. The molecule has 0 N–H and O–H groups in total. The van der Waals surface area contributed by atoms with Crippen molar-refractivity contribution in [2.45, 2.75) is 309 Å². The van der Waals surface area contributed by atoms with E-state index in [9.17, 15) is 14.4 Å². The molecule has 0 saturated carbocycles. The van der Waals surface area contributed by atoms with Crippen LogP contribution in [-0.4, -0.2) is 37.2 Å². The molecule has 0 amide bonds. The second-order valence-electron chi connectivity index (χ2n) is 18.8. The highest BCUT2D eigenvalue weighted by atomic mass is 16.6. The summed E-state index contributed by atoms with van der Waals surface area (Å²) in [5.41, 5.74) is 0. The van der Waals surface area contributed by atoms with Gasteiger partial charge in [0.2, 0.25) is 0 Å². The number of carbonyl (C=O) groups excluding carboxylic acids is 3. The molecule has 0 unspecified atom stereocenters. The third kappa shape index (κ3) is 50.7. The Balaban J connectivity index is 4.34. The maximum atomic E-state index is 12.8. The van der Waals surface area contributed by atoms with E-state index in [1.165, 1.54) is 199 Å². The van der Waals surface area contributed by atoms with Gasteiger partial charge < -0.3 is 14.2 Å². The molecule has 0 aromatic heterocycles. The van der Waals surface area contributed by atoms with Gasteiger partial charge in [0.15, 0.2) is 6.10 Å². The Morgan fingerprint density at radius 3 is 0.810 bits per heavy atom. The fourth-order valence-electron chi connectivity index (χ4n) is 8.20. The molecule has 0 spiro atoms. The van der Waals surface area contributed by atoms with Gasteiger partial charge in [-0.3, -0.25) is 14.4 Å². The Labute approximate surface area is 392 Å². The van der Waals surface area contributed by atoms with Gasteiger partial charge in [-0.05, 0) is 70.6 Å². The van der Waals surface area contributed by atoms with Crippen LogP contribution in [0.15, 0.2) is 24.3 Å². The lowest BCUT2D eigenvalue weighted by atomic mass is 10.0. The standard InChI is InChI=1S/C57H106O6/c1-4-7-10-13-16-19-22-25-27-28-30-32-35-38-41-44-47-50-56(59)62-53-54(52-61-55(58)49-46-43-40-37-34-31-24-21-18-15-12-9-6-3)63-57(60)51-48-45-42-39-36-33-29-26-23-20-17-14-11-8-5-2/h21,24-25,27,54H,4-20,22-23,26,28-53H2,1-3H3/b24-21-,27-25-/t54-/m0/s1. The van der Waals surface area contributed by atoms with Crippen LogP contribution < -0.4 is 0 Å². The first-order valence-corrected chi connectivity index (χ1v) is 27.8. The molecule has 370 valence electrons. The lowest BCUT2D eigenvalue weighted by Crippen LogP contribution is -2.30. The van der Waals surface area contributed by atoms with Crippen molar-refractivity contribution >= 4 is 17.9 Å². The zero-order valence-corrected chi connectivity index (χ0v) is 42.4. The summed E-state index contributed by atoms with van der Waals surface area (Å²) in [7, 11) is 0. The largest absolute Gasteiger partial charge is 0.462 e. The lowest BCUT2D eigenvalue weighted by molar-refractivity contribution is -0.167. The van der Waals surface area contributed by atoms with Gasteiger partial charge in [-0.25, -0.2) is 0 Å². The molecule has 0 aliphatic carbocycles. The van der Waals surface area contributed by atoms with E-state index in [-0.39, 0.29) is 31.1 Å². The quantitative estimate of drug-likeness (QED) is 0.0262. The number of unbranched alkanes of at least 4 members (excludes halogenated alkanes) is 36. The van der Waals surface area contributed by atoms with Crippen LogP contribution in [0.2, 0.25) is 0 Å². The minimum Gasteiger partial charge on any atom is -0.462 e. The number of hydrogen-bond donors (Lipinski definition) is 0. The summed E-state index contributed by atoms with van der Waals surface area (Å²) >= 11 is 0. The van der Waals surface area contributed by atoms with Gasteiger partial charge in [-0.1, -0.05) is 238 Å². The normalized spacial score (nSPS) is 12.1. The molecule has 6 heteroatoms. The predicted molar refractivity (Wildman–Crippen MR) is 270 cm³/mol. The minimum absolute atomic E-state index is 0.0721. The van der Waals surface area contributed by atoms with E-state index in [4.69, 9.17) is 14.2 Å². The van der Waals surface area contributed by atoms with Gasteiger partial charge in [-0.2, -0.15) is 0 Å². The summed E-state index contributed by atoms with van der Waals surface area (Å²) in [5.74, 6) is -0.868. The zero-order chi connectivity index (χ0) is 45.8. The fourth-order valence-corrected chi connectivity index (χ4v) is 8.20. The van der Waals surface area contributed by atoms with Crippen LogP contribution in [0.25, 0.3) is 0 Å². The Bertz CT molecular complexity index is 1020. The van der Waals surface area contributed by atoms with Crippen LogP contribution in [-0.2, 0) is 28.6 Å². The molecule has 0 aromatic rings. The molecule has 0 aliphatic heterocycles. The van der Waals surface area contributed by atoms with Crippen LogP contribution in [0.4, 0.5) is 0 Å². The summed E-state index contributed by atoms with van der Waals surface area (Å²) in [4.78, 5) is 38.1. The smallest absolute Gasteiger partial charge is 0.306 e. The summed E-state index contributed by atoms with van der Waals surface area (Å²) < 4.78 is 16.8. The third-order valence-corrected chi connectivity index (χ3v) is 12.4. The first-order chi connectivity index (χ1) is 31.0. The fraction of sp³-hybridized carbons (Fsp3) is 0.877. The number of carbonyl (C=O) groups is 3. The summed E-state index contributed by atoms with van der Waals surface area (Å²) in [5, 5.41) is 0. The third-order valence-electron chi connectivity index (χ3n) is 12.4. The van der Waals surface area contributed by atoms with Crippen molar-refractivity contribution in [2.24, 2.45) is 0 Å². The predicted octanol–water partition coefficient (Wildman–Crippen LogP) is 18.3. The zero-order valence-electron chi connectivity index (χ0n) is 42.4. The highest BCUT2D eigenvalue weighted by Crippen LogP contribution is 2.16. The molecular weight excluding hydrogens is 781 g/mol. The van der Waals surface area contributed by atoms with Crippen molar-refractivity contribution in [3.05, 3.63) is 24.3 Å². The van der Waals surface area contributed by atoms with E-state index >= 15 is 0 Å². The maximum Gasteiger partial charge on any atom is 0.306 e. The van der Waals surface area contributed by atoms with E-state index in [1.54, 1.807) is 0 Å². The van der Waals surface area contributed by atoms with Crippen LogP contribution in [0.1, 0.15) is 303 Å². The van der Waals surface area contributed by atoms with Crippen molar-refractivity contribution in [2.75, 3.05) is 13.2 Å². The van der Waals surface area contributed by atoms with E-state index in [2.05, 4.69) is 45.1 Å². The van der Waals surface area contributed by atoms with Crippen LogP contribution in [0, 0.1) is 0 Å². The number of hydrogen-bond acceptors (Lipinski definition) is 6. The molecule has 63 heavy (non-hydrogen) atoms. The van der Waals surface area contributed by atoms with Crippen molar-refractivity contribution in [1.29, 1.82) is 0 Å². The van der Waals surface area contributed by atoms with E-state index < -0.39 is 6.10 Å². The van der Waals surface area contributed by atoms with Gasteiger partial charge >= 0.3 is 17.9 Å². The highest BCUT2D eigenvalue weighted by Gasteiger charge is 2.19. The topological polar surface area (TPSA) is 78.9 Å². The monoisotopic (exact) mass is 887 g/mol. The number of ether oxygens (including phenoxy) is 3. The first-order valence-electron chi connectivity index (χ1n) is 27.8. The summed E-state index contributed by atoms with van der Waals surface area (Å²) in [6, 6.07) is 0. The molecule has 0 saturated heterocycles. The second kappa shape index (κ2) is 52.5. The molecular formula is C57H106O6. The molecule has 0 bridgehead atoms. The Morgan fingerprint density at radius 2 is 0.524 bits per heavy atom. The summed E-state index contributed by atoms with van der Waals surface area (Å²) in [6.07, 6.45) is 60.2. The van der Waals surface area contributed by atoms with Crippen molar-refractivity contribution in [3.8, 4) is 0 Å². The van der Waals surface area contributed by atoms with Gasteiger partial charge in [0.25, 0.3) is 0 Å². The molecule has 6 nitrogen and oxygen atoms in total. The van der Waals surface area contributed by atoms with E-state index in [1.807, 2.05) is 0 Å². The Morgan fingerprint density at radius 1 is 0.302 bits per heavy atom. The van der Waals surface area contributed by atoms with Crippen molar-refractivity contribution in [3.63, 3.8) is 0 Å². The van der Waals surface area contributed by atoms with Crippen LogP contribution in [0.5, 0.6) is 0 Å². The van der Waals surface area contributed by atoms with E-state index in [0.29, 0.717) is 19.3 Å². The van der Waals surface area contributed by atoms with Crippen LogP contribution in [0.3, 0.4) is 0 Å². The first kappa shape index (κ1) is 60.9. The average Bonchev–Trinajstić information content (AvgIpc) is 3.28. The number of esters is 3. The van der Waals surface area contributed by atoms with Gasteiger partial charge in [0.05, 0.1) is 0 Å². The highest BCUT2D eigenvalue weighted by molar-refractivity contribution is 5.71. The average molecular weight is 887 g/mol. The molecule has 0 rings (SSSR count). The SMILES string of the molecule is CCCCCC/C=C\CCCCCCCC(=O)OC[C@@H](COC(=O)CCCCCCCCC/C=C\CCCCCCCC)OC(=O)CCCCCCCCCCCCCCCCC. The van der Waals surface area contributed by atoms with Crippen molar-refractivity contribution < 1.29 is 28.6 Å². The lowest BCUT2D eigenvalue weighted by Gasteiger charge is -2.18. The molecule has 0 aliphatic rings. The summed E-state index contributed by atoms with van der Waals surface area (Å²) in [6.45, 7) is 6.65.